The van der Waals surface area contributed by atoms with Crippen LogP contribution in [0.25, 0.3) is 11.1 Å². The van der Waals surface area contributed by atoms with Crippen molar-refractivity contribution in [3.63, 3.8) is 0 Å². The van der Waals surface area contributed by atoms with E-state index in [1.54, 1.807) is 43.5 Å². The second-order valence-electron chi connectivity index (χ2n) is 8.54. The molecule has 4 rings (SSSR count). The first-order valence-electron chi connectivity index (χ1n) is 12.2. The normalized spacial score (nSPS) is 10.6. The van der Waals surface area contributed by atoms with E-state index in [4.69, 9.17) is 25.8 Å². The Hall–Kier alpha value is -4.05. The summed E-state index contributed by atoms with van der Waals surface area (Å²) in [4.78, 5) is 0. The molecule has 1 N–H and O–H groups in total. The number of nitrogens with one attached hydrogen (secondary N) is 1. The number of rotatable bonds is 11. The molecule has 38 heavy (non-hydrogen) atoms. The zero-order chi connectivity index (χ0) is 26.9. The summed E-state index contributed by atoms with van der Waals surface area (Å²) in [6.45, 7) is 3.83. The van der Waals surface area contributed by atoms with Gasteiger partial charge in [-0.2, -0.15) is 5.26 Å². The Kier molecular flexibility index (Phi) is 9.21. The Labute approximate surface area is 227 Å². The Morgan fingerprint density at radius 3 is 2.39 bits per heavy atom. The molecule has 0 aromatic heterocycles. The van der Waals surface area contributed by atoms with E-state index in [1.165, 1.54) is 6.07 Å². The number of nitrogens with zero attached hydrogens (tertiary/aromatic N) is 1. The molecule has 5 nitrogen and oxygen atoms in total. The number of para-hydroxylation sites is 1. The molecule has 4 aromatic rings. The molecule has 0 atom stereocenters. The lowest BCUT2D eigenvalue weighted by atomic mass is 10.0. The van der Waals surface area contributed by atoms with E-state index in [-0.39, 0.29) is 19.0 Å². The molecule has 4 aromatic carbocycles. The van der Waals surface area contributed by atoms with Crippen LogP contribution in [0.4, 0.5) is 4.39 Å². The second kappa shape index (κ2) is 13.0. The molecule has 0 amide bonds. The Morgan fingerprint density at radius 1 is 0.868 bits per heavy atom. The molecule has 0 saturated carbocycles. The van der Waals surface area contributed by atoms with Crippen molar-refractivity contribution in [2.24, 2.45) is 0 Å². The van der Waals surface area contributed by atoms with E-state index in [9.17, 15) is 9.65 Å². The SMILES string of the molecule is CCNCc1cc(Cl)c(OCc2cccc(-c3ccccc3F)c2OC)cc1OCc1cccc(C#N)c1. The first-order chi connectivity index (χ1) is 18.5. The molecule has 0 aliphatic heterocycles. The van der Waals surface area contributed by atoms with E-state index >= 15 is 0 Å². The number of benzene rings is 4. The van der Waals surface area contributed by atoms with Gasteiger partial charge in [0.15, 0.2) is 0 Å². The molecule has 194 valence electrons. The van der Waals surface area contributed by atoms with Gasteiger partial charge in [0.05, 0.1) is 23.8 Å². The predicted molar refractivity (Wildman–Crippen MR) is 147 cm³/mol. The third-order valence-electron chi connectivity index (χ3n) is 5.98. The first kappa shape index (κ1) is 27.0. The Morgan fingerprint density at radius 2 is 1.63 bits per heavy atom. The molecular weight excluding hydrogens is 503 g/mol. The van der Waals surface area contributed by atoms with Crippen LogP contribution in [0, 0.1) is 17.1 Å². The average molecular weight is 531 g/mol. The van der Waals surface area contributed by atoms with Gasteiger partial charge in [0.2, 0.25) is 0 Å². The molecule has 0 fully saturated rings. The van der Waals surface area contributed by atoms with Gasteiger partial charge in [0, 0.05) is 34.9 Å². The monoisotopic (exact) mass is 530 g/mol. The summed E-state index contributed by atoms with van der Waals surface area (Å²) in [5, 5.41) is 12.9. The number of nitriles is 1. The van der Waals surface area contributed by atoms with Crippen LogP contribution in [0.15, 0.2) is 78.9 Å². The third-order valence-corrected chi connectivity index (χ3v) is 6.27. The second-order valence-corrected chi connectivity index (χ2v) is 8.95. The molecule has 0 aliphatic rings. The highest BCUT2D eigenvalue weighted by Crippen LogP contribution is 2.37. The number of hydrogen-bond donors (Lipinski definition) is 1. The van der Waals surface area contributed by atoms with Gasteiger partial charge in [-0.1, -0.05) is 67.1 Å². The number of halogens is 2. The minimum absolute atomic E-state index is 0.154. The van der Waals surface area contributed by atoms with E-state index in [0.29, 0.717) is 45.5 Å². The predicted octanol–water partition coefficient (Wildman–Crippen LogP) is 7.29. The summed E-state index contributed by atoms with van der Waals surface area (Å²) in [5.41, 5.74) is 4.18. The maximum atomic E-state index is 14.5. The van der Waals surface area contributed by atoms with Crippen LogP contribution >= 0.6 is 11.6 Å². The molecule has 0 aliphatic carbocycles. The van der Waals surface area contributed by atoms with Gasteiger partial charge in [-0.15, -0.1) is 0 Å². The standard InChI is InChI=1S/C31H28ClFN2O3/c1-3-35-18-24-15-27(32)30(16-29(24)37-19-22-9-6-8-21(14-22)17-34)38-20-23-10-7-12-26(31(23)36-2)25-11-4-5-13-28(25)33/h4-16,35H,3,18-20H2,1-2H3. The average Bonchev–Trinajstić information content (AvgIpc) is 2.95. The summed E-state index contributed by atoms with van der Waals surface area (Å²) in [6.07, 6.45) is 0. The van der Waals surface area contributed by atoms with Crippen molar-refractivity contribution in [2.45, 2.75) is 26.7 Å². The first-order valence-corrected chi connectivity index (χ1v) is 12.6. The van der Waals surface area contributed by atoms with Crippen molar-refractivity contribution in [2.75, 3.05) is 13.7 Å². The smallest absolute Gasteiger partial charge is 0.142 e. The topological polar surface area (TPSA) is 63.5 Å². The van der Waals surface area contributed by atoms with Gasteiger partial charge in [-0.3, -0.25) is 0 Å². The Bertz CT molecular complexity index is 1450. The number of methoxy groups -OCH3 is 1. The minimum atomic E-state index is -0.328. The fourth-order valence-electron chi connectivity index (χ4n) is 4.10. The lowest BCUT2D eigenvalue weighted by Gasteiger charge is -2.18. The number of ether oxygens (including phenoxy) is 3. The third kappa shape index (κ3) is 6.44. The van der Waals surface area contributed by atoms with Crippen LogP contribution < -0.4 is 19.5 Å². The van der Waals surface area contributed by atoms with Gasteiger partial charge in [0.1, 0.15) is 36.3 Å². The van der Waals surface area contributed by atoms with E-state index in [1.807, 2.05) is 43.3 Å². The molecule has 0 bridgehead atoms. The van der Waals surface area contributed by atoms with E-state index < -0.39 is 0 Å². The van der Waals surface area contributed by atoms with Gasteiger partial charge >= 0.3 is 0 Å². The maximum absolute atomic E-state index is 14.5. The largest absolute Gasteiger partial charge is 0.496 e. The van der Waals surface area contributed by atoms with Crippen LogP contribution in [0.3, 0.4) is 0 Å². The van der Waals surface area contributed by atoms with Crippen LogP contribution in [0.5, 0.6) is 17.2 Å². The van der Waals surface area contributed by atoms with Crippen LogP contribution in [-0.2, 0) is 19.8 Å². The summed E-state index contributed by atoms with van der Waals surface area (Å²) in [5.74, 6) is 1.28. The van der Waals surface area contributed by atoms with E-state index in [2.05, 4.69) is 11.4 Å². The summed E-state index contributed by atoms with van der Waals surface area (Å²) in [7, 11) is 1.55. The molecular formula is C31H28ClFN2O3. The van der Waals surface area contributed by atoms with Crippen molar-refractivity contribution in [3.8, 4) is 34.4 Å². The summed E-state index contributed by atoms with van der Waals surface area (Å²) in [6, 6.07) is 25.1. The van der Waals surface area contributed by atoms with Gasteiger partial charge < -0.3 is 19.5 Å². The lowest BCUT2D eigenvalue weighted by Crippen LogP contribution is -2.13. The molecule has 0 unspecified atom stereocenters. The highest BCUT2D eigenvalue weighted by molar-refractivity contribution is 6.32. The molecule has 7 heteroatoms. The van der Waals surface area contributed by atoms with Gasteiger partial charge in [-0.05, 0) is 36.4 Å². The lowest BCUT2D eigenvalue weighted by molar-refractivity contribution is 0.283. The zero-order valence-corrected chi connectivity index (χ0v) is 22.0. The fourth-order valence-corrected chi connectivity index (χ4v) is 4.34. The van der Waals surface area contributed by atoms with Crippen LogP contribution in [-0.4, -0.2) is 13.7 Å². The highest BCUT2D eigenvalue weighted by atomic mass is 35.5. The van der Waals surface area contributed by atoms with Crippen molar-refractivity contribution in [1.82, 2.24) is 5.32 Å². The van der Waals surface area contributed by atoms with Crippen LogP contribution in [0.2, 0.25) is 5.02 Å². The number of hydrogen-bond acceptors (Lipinski definition) is 5. The van der Waals surface area contributed by atoms with Crippen molar-refractivity contribution >= 4 is 11.6 Å². The minimum Gasteiger partial charge on any atom is -0.496 e. The van der Waals surface area contributed by atoms with Crippen LogP contribution in [0.1, 0.15) is 29.2 Å². The molecule has 0 saturated heterocycles. The summed E-state index contributed by atoms with van der Waals surface area (Å²) < 4.78 is 32.4. The maximum Gasteiger partial charge on any atom is 0.142 e. The van der Waals surface area contributed by atoms with Crippen molar-refractivity contribution in [3.05, 3.63) is 112 Å². The molecule has 0 spiro atoms. The van der Waals surface area contributed by atoms with Crippen molar-refractivity contribution in [1.29, 1.82) is 5.26 Å². The van der Waals surface area contributed by atoms with E-state index in [0.717, 1.165) is 23.2 Å². The quantitative estimate of drug-likeness (QED) is 0.220. The Balaban J connectivity index is 1.59. The van der Waals surface area contributed by atoms with Gasteiger partial charge in [0.25, 0.3) is 0 Å². The molecule has 0 radical (unpaired) electrons. The van der Waals surface area contributed by atoms with Crippen molar-refractivity contribution < 1.29 is 18.6 Å². The summed E-state index contributed by atoms with van der Waals surface area (Å²) >= 11 is 6.60. The highest BCUT2D eigenvalue weighted by Gasteiger charge is 2.16. The molecule has 0 heterocycles. The van der Waals surface area contributed by atoms with Gasteiger partial charge in [-0.25, -0.2) is 4.39 Å². The fraction of sp³-hybridized carbons (Fsp3) is 0.194. The zero-order valence-electron chi connectivity index (χ0n) is 21.3.